The van der Waals surface area contributed by atoms with E-state index in [-0.39, 0.29) is 30.5 Å². The van der Waals surface area contributed by atoms with Crippen molar-refractivity contribution >= 4 is 23.7 Å². The maximum absolute atomic E-state index is 11.8. The molecule has 1 fully saturated rings. The van der Waals surface area contributed by atoms with E-state index < -0.39 is 6.03 Å². The molecule has 2 rings (SSSR count). The second kappa shape index (κ2) is 6.17. The third kappa shape index (κ3) is 3.44. The van der Waals surface area contributed by atoms with E-state index in [9.17, 15) is 14.4 Å². The second-order valence-electron chi connectivity index (χ2n) is 4.70. The van der Waals surface area contributed by atoms with Crippen molar-refractivity contribution in [3.05, 3.63) is 35.9 Å². The number of carbonyl (C=O) groups excluding carboxylic acids is 3. The van der Waals surface area contributed by atoms with E-state index in [1.165, 1.54) is 19.0 Å². The number of imide groups is 1. The summed E-state index contributed by atoms with van der Waals surface area (Å²) in [5.74, 6) is -0.431. The van der Waals surface area contributed by atoms with E-state index >= 15 is 0 Å². The predicted octanol–water partition coefficient (Wildman–Crippen LogP) is 0.573. The summed E-state index contributed by atoms with van der Waals surface area (Å²) >= 11 is 0. The van der Waals surface area contributed by atoms with Gasteiger partial charge in [0.15, 0.2) is 0 Å². The van der Waals surface area contributed by atoms with Crippen LogP contribution in [0, 0.1) is 0 Å². The van der Waals surface area contributed by atoms with Crippen LogP contribution in [0.25, 0.3) is 0 Å². The molecule has 1 N–H and O–H groups in total. The van der Waals surface area contributed by atoms with Gasteiger partial charge in [-0.2, -0.15) is 5.10 Å². The molecule has 1 aliphatic heterocycles. The lowest BCUT2D eigenvalue weighted by molar-refractivity contribution is -0.127. The van der Waals surface area contributed by atoms with Gasteiger partial charge in [0.1, 0.15) is 5.84 Å². The molecule has 0 atom stereocenters. The maximum Gasteiger partial charge on any atom is 0.331 e. The fourth-order valence-electron chi connectivity index (χ4n) is 1.88. The van der Waals surface area contributed by atoms with Gasteiger partial charge in [-0.05, 0) is 5.56 Å². The summed E-state index contributed by atoms with van der Waals surface area (Å²) in [4.78, 5) is 37.3. The number of hydrogen-bond acceptors (Lipinski definition) is 4. The Balaban J connectivity index is 1.99. The third-order valence-corrected chi connectivity index (χ3v) is 3.16. The van der Waals surface area contributed by atoms with Gasteiger partial charge in [-0.3, -0.25) is 19.4 Å². The Bertz CT molecular complexity index is 597. The van der Waals surface area contributed by atoms with Gasteiger partial charge in [0, 0.05) is 14.1 Å². The maximum atomic E-state index is 11.8. The van der Waals surface area contributed by atoms with Gasteiger partial charge in [0.05, 0.1) is 12.8 Å². The molecular formula is C14H16N4O3. The number of amides is 4. The van der Waals surface area contributed by atoms with Crippen molar-refractivity contribution in [3.8, 4) is 0 Å². The SMILES string of the molecule is CN1C(=O)CC(=NNC(=O)Cc2ccccc2)N(C)C1=O. The highest BCUT2D eigenvalue weighted by atomic mass is 16.2. The first-order valence-corrected chi connectivity index (χ1v) is 6.42. The smallest absolute Gasteiger partial charge is 0.283 e. The average Bonchev–Trinajstić information content (AvgIpc) is 2.48. The molecular weight excluding hydrogens is 272 g/mol. The number of amidine groups is 1. The summed E-state index contributed by atoms with van der Waals surface area (Å²) in [5, 5.41) is 3.87. The predicted molar refractivity (Wildman–Crippen MR) is 76.3 cm³/mol. The van der Waals surface area contributed by atoms with Gasteiger partial charge in [0.25, 0.3) is 0 Å². The van der Waals surface area contributed by atoms with Gasteiger partial charge < -0.3 is 0 Å². The zero-order chi connectivity index (χ0) is 15.4. The molecule has 0 bridgehead atoms. The zero-order valence-electron chi connectivity index (χ0n) is 11.9. The van der Waals surface area contributed by atoms with Crippen molar-refractivity contribution in [1.82, 2.24) is 15.2 Å². The van der Waals surface area contributed by atoms with Crippen molar-refractivity contribution in [2.24, 2.45) is 5.10 Å². The number of carbonyl (C=O) groups is 3. The van der Waals surface area contributed by atoms with Crippen LogP contribution in [0.5, 0.6) is 0 Å². The quantitative estimate of drug-likeness (QED) is 0.826. The molecule has 4 amide bonds. The average molecular weight is 288 g/mol. The Morgan fingerprint density at radius 1 is 1.19 bits per heavy atom. The number of benzene rings is 1. The topological polar surface area (TPSA) is 82.1 Å². The first-order chi connectivity index (χ1) is 9.99. The third-order valence-electron chi connectivity index (χ3n) is 3.16. The van der Waals surface area contributed by atoms with Gasteiger partial charge in [-0.1, -0.05) is 30.3 Å². The van der Waals surface area contributed by atoms with Crippen LogP contribution in [0.1, 0.15) is 12.0 Å². The minimum Gasteiger partial charge on any atom is -0.283 e. The first-order valence-electron chi connectivity index (χ1n) is 6.42. The summed E-state index contributed by atoms with van der Waals surface area (Å²) in [6.45, 7) is 0. The molecule has 110 valence electrons. The van der Waals surface area contributed by atoms with Gasteiger partial charge >= 0.3 is 6.03 Å². The summed E-state index contributed by atoms with van der Waals surface area (Å²) in [6, 6.07) is 8.75. The van der Waals surface area contributed by atoms with E-state index in [4.69, 9.17) is 0 Å². The van der Waals surface area contributed by atoms with E-state index in [2.05, 4.69) is 10.5 Å². The number of rotatable bonds is 3. The normalized spacial score (nSPS) is 17.3. The zero-order valence-corrected chi connectivity index (χ0v) is 11.9. The van der Waals surface area contributed by atoms with Crippen LogP contribution in [-0.2, 0) is 16.0 Å². The fraction of sp³-hybridized carbons (Fsp3) is 0.286. The van der Waals surface area contributed by atoms with E-state index in [0.29, 0.717) is 0 Å². The number of hydrazone groups is 1. The Kier molecular flexibility index (Phi) is 4.32. The van der Waals surface area contributed by atoms with Crippen molar-refractivity contribution in [1.29, 1.82) is 0 Å². The van der Waals surface area contributed by atoms with Gasteiger partial charge in [-0.25, -0.2) is 10.2 Å². The van der Waals surface area contributed by atoms with Gasteiger partial charge in [-0.15, -0.1) is 0 Å². The van der Waals surface area contributed by atoms with Crippen LogP contribution >= 0.6 is 0 Å². The molecule has 0 aliphatic carbocycles. The molecule has 0 radical (unpaired) electrons. The highest BCUT2D eigenvalue weighted by molar-refractivity contribution is 6.15. The number of nitrogens with one attached hydrogen (secondary N) is 1. The van der Waals surface area contributed by atoms with E-state index in [1.807, 2.05) is 30.3 Å². The Morgan fingerprint density at radius 3 is 2.52 bits per heavy atom. The molecule has 0 aromatic heterocycles. The molecule has 1 aromatic rings. The molecule has 1 saturated heterocycles. The second-order valence-corrected chi connectivity index (χ2v) is 4.70. The first kappa shape index (κ1) is 14.7. The molecule has 0 spiro atoms. The van der Waals surface area contributed by atoms with Gasteiger partial charge in [0.2, 0.25) is 11.8 Å². The monoisotopic (exact) mass is 288 g/mol. The minimum atomic E-state index is -0.470. The lowest BCUT2D eigenvalue weighted by Gasteiger charge is -2.29. The molecule has 1 aromatic carbocycles. The summed E-state index contributed by atoms with van der Waals surface area (Å²) in [6.07, 6.45) is 0.160. The van der Waals surface area contributed by atoms with Crippen molar-refractivity contribution in [2.45, 2.75) is 12.8 Å². The van der Waals surface area contributed by atoms with E-state index in [0.717, 1.165) is 10.5 Å². The molecule has 1 heterocycles. The van der Waals surface area contributed by atoms with Crippen LogP contribution in [0.4, 0.5) is 4.79 Å². The molecule has 0 unspecified atom stereocenters. The van der Waals surface area contributed by atoms with Crippen LogP contribution in [0.3, 0.4) is 0 Å². The Hall–Kier alpha value is -2.70. The van der Waals surface area contributed by atoms with Crippen LogP contribution in [-0.4, -0.2) is 47.6 Å². The summed E-state index contributed by atoms with van der Waals surface area (Å²) in [5.41, 5.74) is 3.23. The fourth-order valence-corrected chi connectivity index (χ4v) is 1.88. The molecule has 21 heavy (non-hydrogen) atoms. The lowest BCUT2D eigenvalue weighted by atomic mass is 10.1. The number of nitrogens with zero attached hydrogens (tertiary/aromatic N) is 3. The standard InChI is InChI=1S/C14H16N4O3/c1-17-11(9-13(20)18(2)14(17)21)15-16-12(19)8-10-6-4-3-5-7-10/h3-7H,8-9H2,1-2H3,(H,16,19). The van der Waals surface area contributed by atoms with Crippen LogP contribution in [0.2, 0.25) is 0 Å². The van der Waals surface area contributed by atoms with Crippen LogP contribution < -0.4 is 5.43 Å². The molecule has 7 heteroatoms. The largest absolute Gasteiger partial charge is 0.331 e. The lowest BCUT2D eigenvalue weighted by Crippen LogP contribution is -2.52. The Labute approximate surface area is 122 Å². The molecule has 1 aliphatic rings. The van der Waals surface area contributed by atoms with Crippen LogP contribution in [0.15, 0.2) is 35.4 Å². The van der Waals surface area contributed by atoms with Crippen molar-refractivity contribution < 1.29 is 14.4 Å². The summed E-state index contributed by atoms with van der Waals surface area (Å²) < 4.78 is 0. The summed E-state index contributed by atoms with van der Waals surface area (Å²) in [7, 11) is 2.92. The van der Waals surface area contributed by atoms with Crippen molar-refractivity contribution in [2.75, 3.05) is 14.1 Å². The molecule has 7 nitrogen and oxygen atoms in total. The number of urea groups is 1. The Morgan fingerprint density at radius 2 is 1.86 bits per heavy atom. The highest BCUT2D eigenvalue weighted by Crippen LogP contribution is 2.09. The van der Waals surface area contributed by atoms with E-state index in [1.54, 1.807) is 0 Å². The van der Waals surface area contributed by atoms with Crippen molar-refractivity contribution in [3.63, 3.8) is 0 Å². The number of hydrogen-bond donors (Lipinski definition) is 1. The molecule has 0 saturated carbocycles. The minimum absolute atomic E-state index is 0.0235. The highest BCUT2D eigenvalue weighted by Gasteiger charge is 2.31.